The summed E-state index contributed by atoms with van der Waals surface area (Å²) in [5.74, 6) is -2.12. The summed E-state index contributed by atoms with van der Waals surface area (Å²) in [6.45, 7) is 2.03. The number of nitrogens with one attached hydrogen (secondary N) is 1. The predicted molar refractivity (Wildman–Crippen MR) is 65.2 cm³/mol. The molecule has 1 amide bonds. The Bertz CT molecular complexity index is 480. The number of halogens is 2. The maximum Gasteiger partial charge on any atom is 0.236 e. The van der Waals surface area contributed by atoms with Gasteiger partial charge in [0.25, 0.3) is 0 Å². The van der Waals surface area contributed by atoms with Crippen molar-refractivity contribution in [1.29, 1.82) is 0 Å². The smallest absolute Gasteiger partial charge is 0.236 e. The first-order valence-electron chi connectivity index (χ1n) is 6.11. The maximum absolute atomic E-state index is 13.2. The average molecular weight is 270 g/mol. The summed E-state index contributed by atoms with van der Waals surface area (Å²) in [5.41, 5.74) is 5.99. The standard InChI is InChI=1S/C13H16F2N2O2/c1-7(16)13(18)17-11-4-5-19-12(11)8-2-3-9(14)10(15)6-8/h2-3,6-7,11-12H,4-5,16H2,1H3,(H,17,18)/t7-,11?,12?/m1/s1. The van der Waals surface area contributed by atoms with E-state index in [0.717, 1.165) is 12.1 Å². The molecular formula is C13H16F2N2O2. The van der Waals surface area contributed by atoms with Gasteiger partial charge in [0.2, 0.25) is 5.91 Å². The second kappa shape index (κ2) is 5.63. The molecule has 0 aliphatic carbocycles. The molecule has 0 saturated carbocycles. The van der Waals surface area contributed by atoms with E-state index >= 15 is 0 Å². The summed E-state index contributed by atoms with van der Waals surface area (Å²) in [5, 5.41) is 2.76. The quantitative estimate of drug-likeness (QED) is 0.869. The highest BCUT2D eigenvalue weighted by atomic mass is 19.2. The molecule has 1 heterocycles. The zero-order valence-corrected chi connectivity index (χ0v) is 10.5. The number of carbonyl (C=O) groups is 1. The van der Waals surface area contributed by atoms with E-state index in [1.54, 1.807) is 6.92 Å². The fourth-order valence-corrected chi connectivity index (χ4v) is 2.07. The van der Waals surface area contributed by atoms with E-state index in [-0.39, 0.29) is 11.9 Å². The van der Waals surface area contributed by atoms with Crippen molar-refractivity contribution in [2.45, 2.75) is 31.5 Å². The van der Waals surface area contributed by atoms with Crippen molar-refractivity contribution in [3.8, 4) is 0 Å². The molecule has 1 saturated heterocycles. The summed E-state index contributed by atoms with van der Waals surface area (Å²) >= 11 is 0. The molecule has 2 rings (SSSR count). The van der Waals surface area contributed by atoms with Gasteiger partial charge in [-0.15, -0.1) is 0 Å². The third-order valence-corrected chi connectivity index (χ3v) is 3.11. The fraction of sp³-hybridized carbons (Fsp3) is 0.462. The van der Waals surface area contributed by atoms with Gasteiger partial charge < -0.3 is 15.8 Å². The lowest BCUT2D eigenvalue weighted by molar-refractivity contribution is -0.123. The van der Waals surface area contributed by atoms with Crippen LogP contribution in [0.2, 0.25) is 0 Å². The molecule has 0 radical (unpaired) electrons. The Labute approximate surface area is 109 Å². The molecule has 3 atom stereocenters. The maximum atomic E-state index is 13.2. The number of nitrogens with two attached hydrogens (primary N) is 1. The first kappa shape index (κ1) is 13.9. The van der Waals surface area contributed by atoms with E-state index in [1.807, 2.05) is 0 Å². The van der Waals surface area contributed by atoms with Gasteiger partial charge in [-0.1, -0.05) is 6.07 Å². The molecule has 3 N–H and O–H groups in total. The Morgan fingerprint density at radius 2 is 2.21 bits per heavy atom. The number of hydrogen-bond acceptors (Lipinski definition) is 3. The third kappa shape index (κ3) is 3.08. The van der Waals surface area contributed by atoms with Gasteiger partial charge in [0, 0.05) is 6.61 Å². The van der Waals surface area contributed by atoms with Crippen LogP contribution in [0.3, 0.4) is 0 Å². The monoisotopic (exact) mass is 270 g/mol. The Morgan fingerprint density at radius 3 is 2.84 bits per heavy atom. The van der Waals surface area contributed by atoms with Gasteiger partial charge in [0.05, 0.1) is 12.1 Å². The zero-order valence-electron chi connectivity index (χ0n) is 10.5. The molecule has 2 unspecified atom stereocenters. The van der Waals surface area contributed by atoms with Crippen molar-refractivity contribution in [3.05, 3.63) is 35.4 Å². The second-order valence-electron chi connectivity index (χ2n) is 4.66. The van der Waals surface area contributed by atoms with Crippen LogP contribution in [0.4, 0.5) is 8.78 Å². The Morgan fingerprint density at radius 1 is 1.47 bits per heavy atom. The highest BCUT2D eigenvalue weighted by Gasteiger charge is 2.31. The summed E-state index contributed by atoms with van der Waals surface area (Å²) < 4.78 is 31.6. The zero-order chi connectivity index (χ0) is 14.0. The van der Waals surface area contributed by atoms with E-state index in [9.17, 15) is 13.6 Å². The van der Waals surface area contributed by atoms with Crippen molar-refractivity contribution in [1.82, 2.24) is 5.32 Å². The molecule has 4 nitrogen and oxygen atoms in total. The number of carbonyl (C=O) groups excluding carboxylic acids is 1. The van der Waals surface area contributed by atoms with Crippen molar-refractivity contribution in [2.75, 3.05) is 6.61 Å². The first-order chi connectivity index (χ1) is 8.99. The first-order valence-corrected chi connectivity index (χ1v) is 6.11. The average Bonchev–Trinajstić information content (AvgIpc) is 2.80. The molecule has 6 heteroatoms. The Hall–Kier alpha value is -1.53. The molecule has 19 heavy (non-hydrogen) atoms. The molecule has 1 aromatic rings. The lowest BCUT2D eigenvalue weighted by Crippen LogP contribution is -2.44. The Kier molecular flexibility index (Phi) is 4.11. The normalized spacial score (nSPS) is 24.2. The van der Waals surface area contributed by atoms with Crippen molar-refractivity contribution < 1.29 is 18.3 Å². The van der Waals surface area contributed by atoms with Crippen LogP contribution < -0.4 is 11.1 Å². The largest absolute Gasteiger partial charge is 0.371 e. The number of rotatable bonds is 3. The Balaban J connectivity index is 2.14. The number of hydrogen-bond donors (Lipinski definition) is 2. The number of amides is 1. The van der Waals surface area contributed by atoms with E-state index in [2.05, 4.69) is 5.32 Å². The molecule has 0 aromatic heterocycles. The summed E-state index contributed by atoms with van der Waals surface area (Å²) in [4.78, 5) is 11.6. The molecule has 1 fully saturated rings. The lowest BCUT2D eigenvalue weighted by atomic mass is 10.0. The molecule has 1 aliphatic rings. The number of benzene rings is 1. The molecule has 104 valence electrons. The van der Waals surface area contributed by atoms with Crippen LogP contribution in [-0.4, -0.2) is 24.6 Å². The third-order valence-electron chi connectivity index (χ3n) is 3.11. The van der Waals surface area contributed by atoms with Crippen molar-refractivity contribution in [3.63, 3.8) is 0 Å². The van der Waals surface area contributed by atoms with Gasteiger partial charge in [0.15, 0.2) is 11.6 Å². The SMILES string of the molecule is C[C@@H](N)C(=O)NC1CCOC1c1ccc(F)c(F)c1. The second-order valence-corrected chi connectivity index (χ2v) is 4.66. The van der Waals surface area contributed by atoms with Gasteiger partial charge in [-0.2, -0.15) is 0 Å². The van der Waals surface area contributed by atoms with E-state index in [1.165, 1.54) is 6.07 Å². The molecule has 0 bridgehead atoms. The van der Waals surface area contributed by atoms with Crippen LogP contribution in [0.1, 0.15) is 25.0 Å². The van der Waals surface area contributed by atoms with Crippen LogP contribution in [0, 0.1) is 11.6 Å². The molecule has 1 aliphatic heterocycles. The van der Waals surface area contributed by atoms with Gasteiger partial charge in [0.1, 0.15) is 6.10 Å². The summed E-state index contributed by atoms with van der Waals surface area (Å²) in [6.07, 6.45) is 0.139. The van der Waals surface area contributed by atoms with Gasteiger partial charge in [-0.25, -0.2) is 8.78 Å². The van der Waals surface area contributed by atoms with Crippen LogP contribution >= 0.6 is 0 Å². The fourth-order valence-electron chi connectivity index (χ4n) is 2.07. The minimum Gasteiger partial charge on any atom is -0.371 e. The van der Waals surface area contributed by atoms with Crippen LogP contribution in [-0.2, 0) is 9.53 Å². The van der Waals surface area contributed by atoms with Crippen LogP contribution in [0.15, 0.2) is 18.2 Å². The highest BCUT2D eigenvalue weighted by Crippen LogP contribution is 2.30. The van der Waals surface area contributed by atoms with Crippen molar-refractivity contribution >= 4 is 5.91 Å². The van der Waals surface area contributed by atoms with Gasteiger partial charge in [-0.3, -0.25) is 4.79 Å². The minimum atomic E-state index is -0.926. The topological polar surface area (TPSA) is 64.4 Å². The van der Waals surface area contributed by atoms with Gasteiger partial charge >= 0.3 is 0 Å². The highest BCUT2D eigenvalue weighted by molar-refractivity contribution is 5.81. The van der Waals surface area contributed by atoms with Crippen LogP contribution in [0.25, 0.3) is 0 Å². The van der Waals surface area contributed by atoms with Crippen LogP contribution in [0.5, 0.6) is 0 Å². The molecule has 1 aromatic carbocycles. The van der Waals surface area contributed by atoms with E-state index in [4.69, 9.17) is 10.5 Å². The van der Waals surface area contributed by atoms with E-state index < -0.39 is 23.8 Å². The number of ether oxygens (including phenoxy) is 1. The summed E-state index contributed by atoms with van der Waals surface area (Å²) in [7, 11) is 0. The van der Waals surface area contributed by atoms with Crippen molar-refractivity contribution in [2.24, 2.45) is 5.73 Å². The summed E-state index contributed by atoms with van der Waals surface area (Å²) in [6, 6.07) is 2.71. The molecule has 0 spiro atoms. The molecular weight excluding hydrogens is 254 g/mol. The predicted octanol–water partition coefficient (Wildman–Crippen LogP) is 1.26. The lowest BCUT2D eigenvalue weighted by Gasteiger charge is -2.21. The minimum absolute atomic E-state index is 0.275. The van der Waals surface area contributed by atoms with Gasteiger partial charge in [-0.05, 0) is 31.0 Å². The van der Waals surface area contributed by atoms with E-state index in [0.29, 0.717) is 18.6 Å².